The number of nitrogens with one attached hydrogen (secondary N) is 2. The first-order valence-corrected chi connectivity index (χ1v) is 13.0. The summed E-state index contributed by atoms with van der Waals surface area (Å²) in [5.41, 5.74) is 2.13. The molecule has 2 heterocycles. The molecule has 0 aliphatic heterocycles. The Balaban J connectivity index is 1.62. The molecule has 2 aromatic heterocycles. The molecule has 9 heteroatoms. The predicted octanol–water partition coefficient (Wildman–Crippen LogP) is 5.74. The Bertz CT molecular complexity index is 1430. The predicted molar refractivity (Wildman–Crippen MR) is 138 cm³/mol. The van der Waals surface area contributed by atoms with Gasteiger partial charge >= 0.3 is 12.1 Å². The lowest BCUT2D eigenvalue weighted by atomic mass is 9.92. The number of methoxy groups -OCH3 is 1. The number of rotatable bonds is 5. The number of alkyl carbamates (subject to hydrolysis) is 1. The van der Waals surface area contributed by atoms with E-state index in [1.54, 1.807) is 18.4 Å². The van der Waals surface area contributed by atoms with Crippen LogP contribution in [-0.4, -0.2) is 34.9 Å². The molecule has 8 nitrogen and oxygen atoms in total. The summed E-state index contributed by atoms with van der Waals surface area (Å²) < 4.78 is 11.4. The molecule has 1 fully saturated rings. The van der Waals surface area contributed by atoms with Crippen molar-refractivity contribution in [1.29, 1.82) is 0 Å². The summed E-state index contributed by atoms with van der Waals surface area (Å²) in [5.74, 6) is -0.427. The number of aromatic nitrogens is 1. The third kappa shape index (κ3) is 4.48. The first-order chi connectivity index (χ1) is 17.1. The summed E-state index contributed by atoms with van der Waals surface area (Å²) >= 11 is 1.68. The average Bonchev–Trinajstić information content (AvgIpc) is 3.55. The summed E-state index contributed by atoms with van der Waals surface area (Å²) in [4.78, 5) is 42.3. The van der Waals surface area contributed by atoms with Crippen molar-refractivity contribution in [3.63, 3.8) is 0 Å². The maximum Gasteiger partial charge on any atom is 0.408 e. The monoisotopic (exact) mass is 510 g/mol. The number of carbonyl (C=O) groups excluding carboxylic acids is 1. The molecule has 0 spiro atoms. The van der Waals surface area contributed by atoms with Crippen LogP contribution in [-0.2, 0) is 11.2 Å². The largest absolute Gasteiger partial charge is 0.494 e. The highest BCUT2D eigenvalue weighted by molar-refractivity contribution is 7.15. The average molecular weight is 511 g/mol. The van der Waals surface area contributed by atoms with Crippen molar-refractivity contribution in [3.05, 3.63) is 50.1 Å². The second-order valence-corrected chi connectivity index (χ2v) is 11.6. The van der Waals surface area contributed by atoms with Crippen LogP contribution in [0.4, 0.5) is 4.79 Å². The van der Waals surface area contributed by atoms with Gasteiger partial charge in [-0.2, -0.15) is 0 Å². The number of hydrogen-bond donors (Lipinski definition) is 3. The van der Waals surface area contributed by atoms with Gasteiger partial charge < -0.3 is 24.9 Å². The molecule has 1 amide bonds. The fourth-order valence-corrected chi connectivity index (χ4v) is 6.30. The number of carbonyl (C=O) groups is 2. The van der Waals surface area contributed by atoms with E-state index in [4.69, 9.17) is 9.47 Å². The Hall–Kier alpha value is -3.33. The van der Waals surface area contributed by atoms with Gasteiger partial charge in [0.15, 0.2) is 5.75 Å². The van der Waals surface area contributed by atoms with Crippen LogP contribution >= 0.6 is 11.3 Å². The minimum Gasteiger partial charge on any atom is -0.494 e. The second kappa shape index (κ2) is 8.96. The van der Waals surface area contributed by atoms with Crippen molar-refractivity contribution in [2.75, 3.05) is 7.11 Å². The van der Waals surface area contributed by atoms with Crippen LogP contribution < -0.4 is 15.5 Å². The summed E-state index contributed by atoms with van der Waals surface area (Å²) in [5, 5.41) is 12.8. The van der Waals surface area contributed by atoms with Crippen molar-refractivity contribution in [2.45, 2.75) is 70.4 Å². The number of H-pyrrole nitrogens is 1. The number of aromatic carboxylic acids is 1. The summed E-state index contributed by atoms with van der Waals surface area (Å²) in [6.45, 7) is 5.53. The first kappa shape index (κ1) is 24.4. The number of thiophene rings is 1. The van der Waals surface area contributed by atoms with Gasteiger partial charge in [0.05, 0.1) is 24.1 Å². The molecule has 1 unspecified atom stereocenters. The van der Waals surface area contributed by atoms with E-state index < -0.39 is 23.1 Å². The molecular formula is C27H30N2O6S. The zero-order chi connectivity index (χ0) is 25.8. The van der Waals surface area contributed by atoms with E-state index in [1.807, 2.05) is 26.8 Å². The molecule has 2 aliphatic rings. The maximum absolute atomic E-state index is 13.0. The number of fused-ring (bicyclic) bond motifs is 2. The van der Waals surface area contributed by atoms with Gasteiger partial charge in [0.25, 0.3) is 0 Å². The normalized spacial score (nSPS) is 17.5. The topological polar surface area (TPSA) is 118 Å². The molecule has 0 radical (unpaired) electrons. The van der Waals surface area contributed by atoms with Crippen molar-refractivity contribution < 1.29 is 24.2 Å². The molecule has 3 N–H and O–H groups in total. The van der Waals surface area contributed by atoms with Crippen LogP contribution in [0.25, 0.3) is 21.3 Å². The van der Waals surface area contributed by atoms with Gasteiger partial charge in [-0.1, -0.05) is 0 Å². The van der Waals surface area contributed by atoms with Gasteiger partial charge in [0.2, 0.25) is 5.43 Å². The molecule has 1 atom stereocenters. The highest BCUT2D eigenvalue weighted by Crippen LogP contribution is 2.52. The molecule has 5 rings (SSSR count). The van der Waals surface area contributed by atoms with Crippen LogP contribution in [0.1, 0.15) is 84.8 Å². The van der Waals surface area contributed by atoms with Crippen LogP contribution in [0.3, 0.4) is 0 Å². The lowest BCUT2D eigenvalue weighted by Crippen LogP contribution is -2.35. The highest BCUT2D eigenvalue weighted by atomic mass is 32.1. The molecule has 1 saturated carbocycles. The number of pyridine rings is 1. The molecule has 36 heavy (non-hydrogen) atoms. The number of aryl methyl sites for hydroxylation is 1. The molecule has 1 aromatic carbocycles. The molecule has 2 aliphatic carbocycles. The molecule has 0 saturated heterocycles. The van der Waals surface area contributed by atoms with Crippen LogP contribution in [0.5, 0.6) is 5.75 Å². The number of hydrogen-bond acceptors (Lipinski definition) is 6. The number of ether oxygens (including phenoxy) is 2. The van der Waals surface area contributed by atoms with Gasteiger partial charge in [0, 0.05) is 21.5 Å². The van der Waals surface area contributed by atoms with Gasteiger partial charge in [-0.15, -0.1) is 11.3 Å². The number of benzene rings is 1. The molecule has 0 bridgehead atoms. The van der Waals surface area contributed by atoms with Crippen LogP contribution in [0, 0.1) is 0 Å². The summed E-state index contributed by atoms with van der Waals surface area (Å²) in [7, 11) is 1.57. The zero-order valence-corrected chi connectivity index (χ0v) is 21.6. The third-order valence-corrected chi connectivity index (χ3v) is 7.89. The van der Waals surface area contributed by atoms with Crippen LogP contribution in [0.15, 0.2) is 23.1 Å². The third-order valence-electron chi connectivity index (χ3n) is 6.66. The van der Waals surface area contributed by atoms with E-state index in [-0.39, 0.29) is 11.6 Å². The smallest absolute Gasteiger partial charge is 0.408 e. The van der Waals surface area contributed by atoms with Crippen molar-refractivity contribution in [2.24, 2.45) is 0 Å². The number of carboxylic acids is 1. The summed E-state index contributed by atoms with van der Waals surface area (Å²) in [6.07, 6.45) is 5.54. The lowest BCUT2D eigenvalue weighted by molar-refractivity contribution is 0.0498. The second-order valence-electron chi connectivity index (χ2n) is 10.5. The van der Waals surface area contributed by atoms with Gasteiger partial charge in [-0.3, -0.25) is 4.79 Å². The standard InChI is InChI=1S/C27H30N2O6S/c1-27(2,3)35-26(33)29-18-6-5-7-19-15(18)11-20(36-19)21-14(13-8-9-13)10-16-22(24(21)34-4)28-12-17(23(16)30)25(31)32/h10-13,18H,5-9H2,1-4H3,(H,28,30)(H,29,33)(H,31,32). The fourth-order valence-electron chi connectivity index (χ4n) is 4.97. The van der Waals surface area contributed by atoms with Crippen molar-refractivity contribution in [3.8, 4) is 16.2 Å². The van der Waals surface area contributed by atoms with Gasteiger partial charge in [-0.05, 0) is 82.1 Å². The lowest BCUT2D eigenvalue weighted by Gasteiger charge is -2.26. The van der Waals surface area contributed by atoms with E-state index in [1.165, 1.54) is 11.1 Å². The first-order valence-electron chi connectivity index (χ1n) is 12.2. The molecular weight excluding hydrogens is 480 g/mol. The Morgan fingerprint density at radius 1 is 1.17 bits per heavy atom. The van der Waals surface area contributed by atoms with Crippen molar-refractivity contribution >= 4 is 34.3 Å². The fraction of sp³-hybridized carbons (Fsp3) is 0.444. The Morgan fingerprint density at radius 2 is 1.92 bits per heavy atom. The van der Waals surface area contributed by atoms with Crippen molar-refractivity contribution in [1.82, 2.24) is 10.3 Å². The summed E-state index contributed by atoms with van der Waals surface area (Å²) in [6, 6.07) is 3.83. The van der Waals surface area contributed by atoms with Gasteiger partial charge in [-0.25, -0.2) is 9.59 Å². The highest BCUT2D eigenvalue weighted by Gasteiger charge is 2.33. The maximum atomic E-state index is 13.0. The zero-order valence-electron chi connectivity index (χ0n) is 20.8. The molecule has 190 valence electrons. The van der Waals surface area contributed by atoms with E-state index in [2.05, 4.69) is 16.4 Å². The van der Waals surface area contributed by atoms with E-state index >= 15 is 0 Å². The Kier molecular flexibility index (Phi) is 6.06. The number of aromatic amines is 1. The Morgan fingerprint density at radius 3 is 2.56 bits per heavy atom. The number of carboxylic acid groups (broad SMARTS) is 1. The Labute approximate surface area is 212 Å². The minimum absolute atomic E-state index is 0.137. The SMILES string of the molecule is COc1c(-c2cc3c(s2)CCCC3NC(=O)OC(C)(C)C)c(C2CC2)cc2c(=O)c(C(=O)O)c[nH]c12. The van der Waals surface area contributed by atoms with Gasteiger partial charge in [0.1, 0.15) is 11.2 Å². The molecule has 3 aromatic rings. The quantitative estimate of drug-likeness (QED) is 0.403. The minimum atomic E-state index is -1.26. The van der Waals surface area contributed by atoms with Crippen LogP contribution in [0.2, 0.25) is 0 Å². The number of amides is 1. The van der Waals surface area contributed by atoms with E-state index in [0.717, 1.165) is 53.7 Å². The van der Waals surface area contributed by atoms with E-state index in [0.29, 0.717) is 22.6 Å². The van der Waals surface area contributed by atoms with E-state index in [9.17, 15) is 19.5 Å².